The van der Waals surface area contributed by atoms with E-state index in [1.165, 1.54) is 4.90 Å². The number of benzene rings is 1. The van der Waals surface area contributed by atoms with Crippen molar-refractivity contribution in [3.8, 4) is 5.75 Å². The maximum Gasteiger partial charge on any atom is 0.119 e. The van der Waals surface area contributed by atoms with Crippen LogP contribution < -0.4 is 10.1 Å². The fraction of sp³-hybridized carbons (Fsp3) is 0.538. The molecule has 3 heteroatoms. The minimum Gasteiger partial charge on any atom is -0.497 e. The molecule has 1 N–H and O–H groups in total. The Bertz CT molecular complexity index is 313. The summed E-state index contributed by atoms with van der Waals surface area (Å²) in [7, 11) is 3.73. The minimum atomic E-state index is 0.552. The van der Waals surface area contributed by atoms with E-state index in [-0.39, 0.29) is 0 Å². The molecule has 0 aliphatic heterocycles. The van der Waals surface area contributed by atoms with Gasteiger partial charge in [0.25, 0.3) is 0 Å². The fourth-order valence-corrected chi connectivity index (χ4v) is 3.01. The lowest BCUT2D eigenvalue weighted by atomic mass is 10.2. The summed E-state index contributed by atoms with van der Waals surface area (Å²) in [6.45, 7) is 4.47. The third-order valence-electron chi connectivity index (χ3n) is 2.74. The number of hydrogen-bond acceptors (Lipinski definition) is 3. The zero-order valence-corrected chi connectivity index (χ0v) is 11.3. The summed E-state index contributed by atoms with van der Waals surface area (Å²) in [4.78, 5) is 1.26. The minimum absolute atomic E-state index is 0.552. The number of methoxy groups -OCH3 is 1. The van der Waals surface area contributed by atoms with Gasteiger partial charge in [-0.05, 0) is 31.7 Å². The number of ether oxygens (including phenoxy) is 1. The van der Waals surface area contributed by atoms with E-state index >= 15 is 0 Å². The second kappa shape index (κ2) is 6.81. The lowest BCUT2D eigenvalue weighted by Gasteiger charge is -2.21. The van der Waals surface area contributed by atoms with Crippen LogP contribution in [-0.4, -0.2) is 25.4 Å². The van der Waals surface area contributed by atoms with Gasteiger partial charge in [0.1, 0.15) is 5.75 Å². The largest absolute Gasteiger partial charge is 0.497 e. The van der Waals surface area contributed by atoms with Crippen molar-refractivity contribution in [3.63, 3.8) is 0 Å². The van der Waals surface area contributed by atoms with Crippen LogP contribution in [-0.2, 0) is 0 Å². The highest BCUT2D eigenvalue weighted by atomic mass is 32.2. The Morgan fingerprint density at radius 2 is 2.19 bits per heavy atom. The molecule has 0 saturated heterocycles. The molecule has 0 spiro atoms. The Balaban J connectivity index is 2.64. The molecule has 0 saturated carbocycles. The average molecular weight is 239 g/mol. The Kier molecular flexibility index (Phi) is 5.71. The Labute approximate surface area is 103 Å². The van der Waals surface area contributed by atoms with E-state index < -0.39 is 0 Å². The van der Waals surface area contributed by atoms with Crippen LogP contribution >= 0.6 is 11.8 Å². The van der Waals surface area contributed by atoms with Crippen LogP contribution in [0.3, 0.4) is 0 Å². The maximum absolute atomic E-state index is 5.22. The van der Waals surface area contributed by atoms with Crippen LogP contribution in [0.4, 0.5) is 0 Å². The molecule has 16 heavy (non-hydrogen) atoms. The molecular weight excluding hydrogens is 218 g/mol. The Morgan fingerprint density at radius 1 is 1.44 bits per heavy atom. The normalized spacial score (nSPS) is 14.5. The van der Waals surface area contributed by atoms with Crippen LogP contribution in [0.5, 0.6) is 5.75 Å². The topological polar surface area (TPSA) is 21.3 Å². The SMILES string of the molecule is CCC(NC)C(C)Sc1cccc(OC)c1. The van der Waals surface area contributed by atoms with E-state index in [4.69, 9.17) is 4.74 Å². The second-order valence-electron chi connectivity index (χ2n) is 3.81. The Morgan fingerprint density at radius 3 is 2.75 bits per heavy atom. The van der Waals surface area contributed by atoms with Gasteiger partial charge in [0.05, 0.1) is 7.11 Å². The molecule has 1 aromatic carbocycles. The Hall–Kier alpha value is -0.670. The third-order valence-corrected chi connectivity index (χ3v) is 3.97. The summed E-state index contributed by atoms with van der Waals surface area (Å²) < 4.78 is 5.22. The van der Waals surface area contributed by atoms with Crippen molar-refractivity contribution in [2.75, 3.05) is 14.2 Å². The van der Waals surface area contributed by atoms with E-state index in [1.54, 1.807) is 7.11 Å². The lowest BCUT2D eigenvalue weighted by molar-refractivity contribution is 0.413. The zero-order chi connectivity index (χ0) is 12.0. The molecule has 90 valence electrons. The van der Waals surface area contributed by atoms with Gasteiger partial charge >= 0.3 is 0 Å². The van der Waals surface area contributed by atoms with Gasteiger partial charge in [0.2, 0.25) is 0 Å². The second-order valence-corrected chi connectivity index (χ2v) is 5.26. The summed E-state index contributed by atoms with van der Waals surface area (Å²) >= 11 is 1.89. The molecule has 0 aliphatic carbocycles. The first kappa shape index (κ1) is 13.4. The standard InChI is InChI=1S/C13H21NOS/c1-5-13(14-3)10(2)16-12-8-6-7-11(9-12)15-4/h6-10,13-14H,5H2,1-4H3. The van der Waals surface area contributed by atoms with Gasteiger partial charge in [-0.1, -0.05) is 19.9 Å². The molecule has 0 amide bonds. The maximum atomic E-state index is 5.22. The van der Waals surface area contributed by atoms with E-state index in [1.807, 2.05) is 30.9 Å². The van der Waals surface area contributed by atoms with Crippen molar-refractivity contribution in [3.05, 3.63) is 24.3 Å². The number of nitrogens with one attached hydrogen (secondary N) is 1. The highest BCUT2D eigenvalue weighted by molar-refractivity contribution is 8.00. The molecule has 0 bridgehead atoms. The van der Waals surface area contributed by atoms with Crippen LogP contribution in [0, 0.1) is 0 Å². The first-order chi connectivity index (χ1) is 7.71. The van der Waals surface area contributed by atoms with Crippen molar-refractivity contribution in [2.24, 2.45) is 0 Å². The van der Waals surface area contributed by atoms with E-state index in [0.717, 1.165) is 12.2 Å². The third kappa shape index (κ3) is 3.72. The zero-order valence-electron chi connectivity index (χ0n) is 10.5. The molecular formula is C13H21NOS. The highest BCUT2D eigenvalue weighted by Crippen LogP contribution is 2.28. The molecule has 0 fully saturated rings. The number of hydrogen-bond donors (Lipinski definition) is 1. The average Bonchev–Trinajstić information content (AvgIpc) is 2.31. The summed E-state index contributed by atoms with van der Waals surface area (Å²) in [5, 5.41) is 3.91. The molecule has 0 aromatic heterocycles. The molecule has 2 nitrogen and oxygen atoms in total. The van der Waals surface area contributed by atoms with Gasteiger partial charge < -0.3 is 10.1 Å². The first-order valence-corrected chi connectivity index (χ1v) is 6.57. The lowest BCUT2D eigenvalue weighted by Crippen LogP contribution is -2.33. The molecule has 1 aromatic rings. The highest BCUT2D eigenvalue weighted by Gasteiger charge is 2.14. The van der Waals surface area contributed by atoms with Crippen molar-refractivity contribution in [2.45, 2.75) is 36.5 Å². The quantitative estimate of drug-likeness (QED) is 0.770. The van der Waals surface area contributed by atoms with Gasteiger partial charge in [0.15, 0.2) is 0 Å². The van der Waals surface area contributed by atoms with Gasteiger partial charge in [0, 0.05) is 16.2 Å². The van der Waals surface area contributed by atoms with Crippen LogP contribution in [0.2, 0.25) is 0 Å². The van der Waals surface area contributed by atoms with Gasteiger partial charge in [-0.25, -0.2) is 0 Å². The van der Waals surface area contributed by atoms with Crippen molar-refractivity contribution >= 4 is 11.8 Å². The molecule has 1 rings (SSSR count). The molecule has 2 atom stereocenters. The first-order valence-electron chi connectivity index (χ1n) is 5.69. The van der Waals surface area contributed by atoms with Crippen LogP contribution in [0.1, 0.15) is 20.3 Å². The monoisotopic (exact) mass is 239 g/mol. The fourth-order valence-electron chi connectivity index (χ4n) is 1.74. The summed E-state index contributed by atoms with van der Waals surface area (Å²) in [6, 6.07) is 8.78. The van der Waals surface area contributed by atoms with Crippen molar-refractivity contribution in [1.29, 1.82) is 0 Å². The molecule has 2 unspecified atom stereocenters. The van der Waals surface area contributed by atoms with E-state index in [9.17, 15) is 0 Å². The van der Waals surface area contributed by atoms with Crippen LogP contribution in [0.25, 0.3) is 0 Å². The van der Waals surface area contributed by atoms with Crippen molar-refractivity contribution < 1.29 is 4.74 Å². The molecule has 0 aliphatic rings. The van der Waals surface area contributed by atoms with Gasteiger partial charge in [-0.15, -0.1) is 11.8 Å². The number of rotatable bonds is 6. The van der Waals surface area contributed by atoms with Gasteiger partial charge in [-0.2, -0.15) is 0 Å². The summed E-state index contributed by atoms with van der Waals surface area (Å²) in [5.74, 6) is 0.926. The predicted octanol–water partition coefficient (Wildman–Crippen LogP) is 3.17. The summed E-state index contributed by atoms with van der Waals surface area (Å²) in [5.41, 5.74) is 0. The van der Waals surface area contributed by atoms with Gasteiger partial charge in [-0.3, -0.25) is 0 Å². The van der Waals surface area contributed by atoms with E-state index in [2.05, 4.69) is 31.3 Å². The van der Waals surface area contributed by atoms with E-state index in [0.29, 0.717) is 11.3 Å². The molecule has 0 radical (unpaired) electrons. The summed E-state index contributed by atoms with van der Waals surface area (Å²) in [6.07, 6.45) is 1.15. The smallest absolute Gasteiger partial charge is 0.119 e. The number of thioether (sulfide) groups is 1. The predicted molar refractivity (Wildman–Crippen MR) is 71.5 cm³/mol. The van der Waals surface area contributed by atoms with Crippen molar-refractivity contribution in [1.82, 2.24) is 5.32 Å². The molecule has 0 heterocycles. The van der Waals surface area contributed by atoms with Crippen LogP contribution in [0.15, 0.2) is 29.2 Å².